The Bertz CT molecular complexity index is 1280. The van der Waals surface area contributed by atoms with E-state index in [4.69, 9.17) is 16.0 Å². The second kappa shape index (κ2) is 7.72. The molecule has 0 saturated carbocycles. The molecule has 3 N–H and O–H groups in total. The third kappa shape index (κ3) is 3.74. The van der Waals surface area contributed by atoms with E-state index in [9.17, 15) is 19.7 Å². The fourth-order valence-corrected chi connectivity index (χ4v) is 3.09. The number of halogens is 1. The van der Waals surface area contributed by atoms with E-state index >= 15 is 0 Å². The molecule has 0 aliphatic rings. The maximum Gasteiger partial charge on any atom is 0.291 e. The summed E-state index contributed by atoms with van der Waals surface area (Å²) in [4.78, 5) is 38.6. The van der Waals surface area contributed by atoms with Crippen LogP contribution in [0.15, 0.2) is 65.4 Å². The van der Waals surface area contributed by atoms with Gasteiger partial charge in [-0.3, -0.25) is 19.7 Å². The first-order valence-corrected chi connectivity index (χ1v) is 9.01. The van der Waals surface area contributed by atoms with Gasteiger partial charge in [0, 0.05) is 34.3 Å². The normalized spacial score (nSPS) is 10.7. The van der Waals surface area contributed by atoms with Gasteiger partial charge >= 0.3 is 0 Å². The molecule has 150 valence electrons. The third-order valence-corrected chi connectivity index (χ3v) is 4.58. The first-order chi connectivity index (χ1) is 14.4. The smallest absolute Gasteiger partial charge is 0.291 e. The molecule has 0 spiro atoms. The molecule has 9 nitrogen and oxygen atoms in total. The lowest BCUT2D eigenvalue weighted by molar-refractivity contribution is -0.384. The maximum absolute atomic E-state index is 12.9. The lowest BCUT2D eigenvalue weighted by Gasteiger charge is -2.12. The number of H-pyrrole nitrogens is 1. The highest BCUT2D eigenvalue weighted by atomic mass is 35.5. The zero-order valence-corrected chi connectivity index (χ0v) is 15.9. The number of nitrogens with zero attached hydrogens (tertiary/aromatic N) is 1. The molecule has 2 amide bonds. The molecule has 0 atom stereocenters. The number of hydrogen-bond donors (Lipinski definition) is 3. The number of benzene rings is 2. The van der Waals surface area contributed by atoms with Gasteiger partial charge in [0.05, 0.1) is 28.1 Å². The van der Waals surface area contributed by atoms with E-state index in [2.05, 4.69) is 15.6 Å². The van der Waals surface area contributed by atoms with Crippen molar-refractivity contribution in [3.63, 3.8) is 0 Å². The summed E-state index contributed by atoms with van der Waals surface area (Å²) >= 11 is 6.03. The fraction of sp³-hybridized carbons (Fsp3) is 0. The topological polar surface area (TPSA) is 130 Å². The largest absolute Gasteiger partial charge is 0.459 e. The number of nitro groups is 1. The molecule has 0 aliphatic carbocycles. The molecule has 4 aromatic rings. The lowest BCUT2D eigenvalue weighted by atomic mass is 10.1. The number of furan rings is 1. The molecule has 0 saturated heterocycles. The van der Waals surface area contributed by atoms with Crippen LogP contribution in [0, 0.1) is 10.1 Å². The van der Waals surface area contributed by atoms with Crippen LogP contribution in [0.25, 0.3) is 10.9 Å². The van der Waals surface area contributed by atoms with Gasteiger partial charge in [-0.25, -0.2) is 0 Å². The molecule has 0 fully saturated rings. The second-order valence-electron chi connectivity index (χ2n) is 6.26. The minimum Gasteiger partial charge on any atom is -0.459 e. The Morgan fingerprint density at radius 1 is 1.03 bits per heavy atom. The van der Waals surface area contributed by atoms with Gasteiger partial charge in [0.2, 0.25) is 0 Å². The Morgan fingerprint density at radius 3 is 2.57 bits per heavy atom. The summed E-state index contributed by atoms with van der Waals surface area (Å²) in [6, 6.07) is 11.8. The fourth-order valence-electron chi connectivity index (χ4n) is 2.92. The Hall–Kier alpha value is -4.11. The van der Waals surface area contributed by atoms with E-state index in [0.717, 1.165) is 0 Å². The number of non-ortho nitro benzene ring substituents is 1. The first-order valence-electron chi connectivity index (χ1n) is 8.63. The van der Waals surface area contributed by atoms with Crippen LogP contribution < -0.4 is 10.6 Å². The van der Waals surface area contributed by atoms with E-state index in [1.54, 1.807) is 12.1 Å². The number of carbonyl (C=O) groups is 2. The monoisotopic (exact) mass is 424 g/mol. The maximum atomic E-state index is 12.9. The standard InChI is InChI=1S/C20H13ClN4O5/c21-11-3-5-16(17(8-11)24-20(27)18-2-1-7-30-18)23-19(26)14-10-22-15-6-4-12(25(28)29)9-13(14)15/h1-10,22H,(H,23,26)(H,24,27). The number of nitrogens with one attached hydrogen (secondary N) is 3. The van der Waals surface area contributed by atoms with Crippen LogP contribution >= 0.6 is 11.6 Å². The van der Waals surface area contributed by atoms with Crippen molar-refractivity contribution in [3.05, 3.63) is 87.5 Å². The van der Waals surface area contributed by atoms with E-state index in [-0.39, 0.29) is 22.7 Å². The molecular weight excluding hydrogens is 412 g/mol. The van der Waals surface area contributed by atoms with Crippen LogP contribution in [0.5, 0.6) is 0 Å². The molecule has 0 radical (unpaired) electrons. The highest BCUT2D eigenvalue weighted by Crippen LogP contribution is 2.29. The van der Waals surface area contributed by atoms with Crippen LogP contribution in [0.2, 0.25) is 5.02 Å². The number of aromatic nitrogens is 1. The predicted molar refractivity (Wildman–Crippen MR) is 111 cm³/mol. The van der Waals surface area contributed by atoms with Crippen LogP contribution in [0.4, 0.5) is 17.1 Å². The highest BCUT2D eigenvalue weighted by Gasteiger charge is 2.18. The Labute approximate surface area is 173 Å². The van der Waals surface area contributed by atoms with Crippen molar-refractivity contribution >= 4 is 51.4 Å². The van der Waals surface area contributed by atoms with Crippen LogP contribution in [0.1, 0.15) is 20.9 Å². The molecule has 4 rings (SSSR count). The van der Waals surface area contributed by atoms with Gasteiger partial charge in [0.1, 0.15) is 0 Å². The molecule has 30 heavy (non-hydrogen) atoms. The average Bonchev–Trinajstić information content (AvgIpc) is 3.39. The van der Waals surface area contributed by atoms with Crippen LogP contribution in [-0.2, 0) is 0 Å². The summed E-state index contributed by atoms with van der Waals surface area (Å²) in [5.41, 5.74) is 1.22. The van der Waals surface area contributed by atoms with Crippen molar-refractivity contribution in [1.82, 2.24) is 4.98 Å². The van der Waals surface area contributed by atoms with Gasteiger partial charge in [0.15, 0.2) is 5.76 Å². The highest BCUT2D eigenvalue weighted by molar-refractivity contribution is 6.31. The van der Waals surface area contributed by atoms with Gasteiger partial charge in [-0.05, 0) is 36.4 Å². The summed E-state index contributed by atoms with van der Waals surface area (Å²) in [6.45, 7) is 0. The van der Waals surface area contributed by atoms with Gasteiger partial charge in [0.25, 0.3) is 17.5 Å². The van der Waals surface area contributed by atoms with Crippen molar-refractivity contribution in [2.45, 2.75) is 0 Å². The third-order valence-electron chi connectivity index (χ3n) is 4.34. The van der Waals surface area contributed by atoms with Crippen molar-refractivity contribution in [3.8, 4) is 0 Å². The van der Waals surface area contributed by atoms with Gasteiger partial charge < -0.3 is 20.0 Å². The van der Waals surface area contributed by atoms with Gasteiger partial charge in [-0.1, -0.05) is 11.6 Å². The van der Waals surface area contributed by atoms with Crippen molar-refractivity contribution < 1.29 is 18.9 Å². The minimum atomic E-state index is -0.532. The molecule has 2 heterocycles. The molecular formula is C20H13ClN4O5. The van der Waals surface area contributed by atoms with Gasteiger partial charge in [-0.15, -0.1) is 0 Å². The lowest BCUT2D eigenvalue weighted by Crippen LogP contribution is -2.16. The zero-order valence-electron chi connectivity index (χ0n) is 15.1. The molecule has 10 heteroatoms. The summed E-state index contributed by atoms with van der Waals surface area (Å²) < 4.78 is 5.06. The summed E-state index contributed by atoms with van der Waals surface area (Å²) in [5, 5.41) is 17.1. The van der Waals surface area contributed by atoms with Crippen LogP contribution in [0.3, 0.4) is 0 Å². The minimum absolute atomic E-state index is 0.0937. The van der Waals surface area contributed by atoms with E-state index in [0.29, 0.717) is 21.6 Å². The number of hydrogen-bond acceptors (Lipinski definition) is 5. The number of aromatic amines is 1. The van der Waals surface area contributed by atoms with E-state index < -0.39 is 16.7 Å². The summed E-state index contributed by atoms with van der Waals surface area (Å²) in [7, 11) is 0. The SMILES string of the molecule is O=C(Nc1cc(Cl)ccc1NC(=O)c1c[nH]c2ccc([N+](=O)[O-])cc12)c1ccco1. The summed E-state index contributed by atoms with van der Waals surface area (Å²) in [6.07, 6.45) is 2.83. The average molecular weight is 425 g/mol. The molecule has 0 unspecified atom stereocenters. The predicted octanol–water partition coefficient (Wildman–Crippen LogP) is 4.83. The first kappa shape index (κ1) is 19.2. The summed E-state index contributed by atoms with van der Waals surface area (Å²) in [5.74, 6) is -0.936. The van der Waals surface area contributed by atoms with E-state index in [1.807, 2.05) is 0 Å². The number of nitro benzene ring substituents is 1. The number of anilines is 2. The number of fused-ring (bicyclic) bond motifs is 1. The Balaban J connectivity index is 1.64. The number of carbonyl (C=O) groups excluding carboxylic acids is 2. The van der Waals surface area contributed by atoms with Crippen molar-refractivity contribution in [2.24, 2.45) is 0 Å². The van der Waals surface area contributed by atoms with Crippen LogP contribution in [-0.4, -0.2) is 21.7 Å². The zero-order chi connectivity index (χ0) is 21.3. The Morgan fingerprint density at radius 2 is 1.83 bits per heavy atom. The van der Waals surface area contributed by atoms with Crippen molar-refractivity contribution in [2.75, 3.05) is 10.6 Å². The second-order valence-corrected chi connectivity index (χ2v) is 6.70. The molecule has 0 aliphatic heterocycles. The quantitative estimate of drug-likeness (QED) is 0.312. The molecule has 0 bridgehead atoms. The van der Waals surface area contributed by atoms with Crippen molar-refractivity contribution in [1.29, 1.82) is 0 Å². The molecule has 2 aromatic carbocycles. The number of amides is 2. The number of rotatable bonds is 5. The van der Waals surface area contributed by atoms with Gasteiger partial charge in [-0.2, -0.15) is 0 Å². The van der Waals surface area contributed by atoms with E-state index in [1.165, 1.54) is 48.9 Å². The Kier molecular flexibility index (Phi) is 4.95. The molecule has 2 aromatic heterocycles.